The fourth-order valence-electron chi connectivity index (χ4n) is 1.65. The molecule has 0 fully saturated rings. The summed E-state index contributed by atoms with van der Waals surface area (Å²) in [6.07, 6.45) is 0. The molecule has 0 saturated carbocycles. The van der Waals surface area contributed by atoms with Gasteiger partial charge in [0.25, 0.3) is 0 Å². The van der Waals surface area contributed by atoms with Gasteiger partial charge < -0.3 is 9.47 Å². The molecule has 0 aromatic heterocycles. The lowest BCUT2D eigenvalue weighted by molar-refractivity contribution is -0.117. The predicted octanol–water partition coefficient (Wildman–Crippen LogP) is 2.68. The van der Waals surface area contributed by atoms with Gasteiger partial charge in [-0.25, -0.2) is 0 Å². The third kappa shape index (κ3) is 3.24. The molecule has 0 aliphatic carbocycles. The van der Waals surface area contributed by atoms with Crippen LogP contribution in [0.15, 0.2) is 18.2 Å². The van der Waals surface area contributed by atoms with Crippen molar-refractivity contribution in [3.8, 4) is 17.6 Å². The molecular weight excluding hydrogens is 230 g/mol. The van der Waals surface area contributed by atoms with Crippen LogP contribution < -0.4 is 9.47 Å². The minimum atomic E-state index is -0.750. The van der Waals surface area contributed by atoms with E-state index in [9.17, 15) is 4.79 Å². The van der Waals surface area contributed by atoms with Gasteiger partial charge in [0.15, 0.2) is 17.3 Å². The van der Waals surface area contributed by atoms with Gasteiger partial charge in [-0.05, 0) is 38.5 Å². The summed E-state index contributed by atoms with van der Waals surface area (Å²) in [5, 5.41) is 9.00. The Labute approximate surface area is 107 Å². The lowest BCUT2D eigenvalue weighted by atomic mass is 9.97. The van der Waals surface area contributed by atoms with Gasteiger partial charge in [0.2, 0.25) is 0 Å². The van der Waals surface area contributed by atoms with Gasteiger partial charge in [-0.3, -0.25) is 4.79 Å². The molecule has 0 saturated heterocycles. The Morgan fingerprint density at radius 3 is 2.39 bits per heavy atom. The third-order valence-electron chi connectivity index (χ3n) is 2.44. The topological polar surface area (TPSA) is 59.3 Å². The molecule has 18 heavy (non-hydrogen) atoms. The molecule has 0 bridgehead atoms. The van der Waals surface area contributed by atoms with Gasteiger partial charge in [-0.2, -0.15) is 5.26 Å². The average molecular weight is 247 g/mol. The van der Waals surface area contributed by atoms with Crippen molar-refractivity contribution in [2.45, 2.75) is 26.7 Å². The Kier molecular flexibility index (Phi) is 5.19. The molecule has 0 N–H and O–H groups in total. The first kappa shape index (κ1) is 14.0. The predicted molar refractivity (Wildman–Crippen MR) is 67.8 cm³/mol. The normalized spacial score (nSPS) is 11.4. The van der Waals surface area contributed by atoms with Crippen molar-refractivity contribution in [1.82, 2.24) is 0 Å². The first-order chi connectivity index (χ1) is 8.63. The largest absolute Gasteiger partial charge is 0.490 e. The van der Waals surface area contributed by atoms with Gasteiger partial charge in [-0.1, -0.05) is 6.07 Å². The molecule has 4 heteroatoms. The zero-order valence-corrected chi connectivity index (χ0v) is 10.9. The molecule has 0 heterocycles. The second-order valence-corrected chi connectivity index (χ2v) is 3.74. The van der Waals surface area contributed by atoms with Crippen LogP contribution >= 0.6 is 0 Å². The summed E-state index contributed by atoms with van der Waals surface area (Å²) >= 11 is 0. The van der Waals surface area contributed by atoms with Crippen molar-refractivity contribution in [3.63, 3.8) is 0 Å². The molecule has 1 atom stereocenters. The number of rotatable bonds is 6. The number of nitrogens with zero attached hydrogens (tertiary/aromatic N) is 1. The fraction of sp³-hybridized carbons (Fsp3) is 0.429. The Balaban J connectivity index is 3.13. The maximum Gasteiger partial charge on any atom is 0.161 e. The smallest absolute Gasteiger partial charge is 0.161 e. The van der Waals surface area contributed by atoms with Crippen LogP contribution in [0.5, 0.6) is 11.5 Å². The number of ketones is 1. The molecule has 0 spiro atoms. The summed E-state index contributed by atoms with van der Waals surface area (Å²) in [5.74, 6) is 0.269. The zero-order chi connectivity index (χ0) is 13.5. The summed E-state index contributed by atoms with van der Waals surface area (Å²) in [6, 6.07) is 7.15. The molecule has 0 aliphatic rings. The quantitative estimate of drug-likeness (QED) is 0.775. The lowest BCUT2D eigenvalue weighted by Crippen LogP contribution is -2.07. The van der Waals surface area contributed by atoms with Crippen LogP contribution in [0.2, 0.25) is 0 Å². The van der Waals surface area contributed by atoms with Gasteiger partial charge >= 0.3 is 0 Å². The highest BCUT2D eigenvalue weighted by molar-refractivity contribution is 5.86. The SMILES string of the molecule is CCOc1ccc(C(C#N)C(C)=O)cc1OCC. The highest BCUT2D eigenvalue weighted by Gasteiger charge is 2.18. The first-order valence-corrected chi connectivity index (χ1v) is 5.93. The van der Waals surface area contributed by atoms with Crippen LogP contribution in [0.4, 0.5) is 0 Å². The van der Waals surface area contributed by atoms with E-state index in [1.807, 2.05) is 19.9 Å². The van der Waals surface area contributed by atoms with E-state index >= 15 is 0 Å². The number of ether oxygens (including phenoxy) is 2. The Morgan fingerprint density at radius 2 is 1.89 bits per heavy atom. The summed E-state index contributed by atoms with van der Waals surface area (Å²) < 4.78 is 10.9. The van der Waals surface area contributed by atoms with E-state index in [-0.39, 0.29) is 5.78 Å². The van der Waals surface area contributed by atoms with Crippen molar-refractivity contribution in [2.24, 2.45) is 0 Å². The minimum Gasteiger partial charge on any atom is -0.490 e. The van der Waals surface area contributed by atoms with Gasteiger partial charge in [0.05, 0.1) is 19.3 Å². The van der Waals surface area contributed by atoms with Crippen molar-refractivity contribution in [2.75, 3.05) is 13.2 Å². The number of carbonyl (C=O) groups is 1. The van der Waals surface area contributed by atoms with Crippen molar-refractivity contribution in [1.29, 1.82) is 5.26 Å². The van der Waals surface area contributed by atoms with Crippen LogP contribution in [-0.2, 0) is 4.79 Å². The van der Waals surface area contributed by atoms with Gasteiger partial charge in [0.1, 0.15) is 5.92 Å². The van der Waals surface area contributed by atoms with E-state index in [1.54, 1.807) is 18.2 Å². The number of Topliss-reactive ketones (excluding diaryl/α,β-unsaturated/α-hetero) is 1. The van der Waals surface area contributed by atoms with Gasteiger partial charge in [0, 0.05) is 0 Å². The van der Waals surface area contributed by atoms with E-state index in [0.717, 1.165) is 0 Å². The van der Waals surface area contributed by atoms with E-state index in [2.05, 4.69) is 0 Å². The van der Waals surface area contributed by atoms with E-state index in [1.165, 1.54) is 6.92 Å². The number of hydrogen-bond donors (Lipinski definition) is 0. The molecule has 4 nitrogen and oxygen atoms in total. The van der Waals surface area contributed by atoms with E-state index < -0.39 is 5.92 Å². The molecule has 1 aromatic carbocycles. The molecule has 1 unspecified atom stereocenters. The summed E-state index contributed by atoms with van der Waals surface area (Å²) in [7, 11) is 0. The maximum atomic E-state index is 11.4. The number of benzene rings is 1. The number of hydrogen-bond acceptors (Lipinski definition) is 4. The second kappa shape index (κ2) is 6.65. The third-order valence-corrected chi connectivity index (χ3v) is 2.44. The van der Waals surface area contributed by atoms with Gasteiger partial charge in [-0.15, -0.1) is 0 Å². The summed E-state index contributed by atoms with van der Waals surface area (Å²) in [4.78, 5) is 11.4. The standard InChI is InChI=1S/C14H17NO3/c1-4-17-13-7-6-11(8-14(13)18-5-2)12(9-15)10(3)16/h6-8,12H,4-5H2,1-3H3. The molecular formula is C14H17NO3. The maximum absolute atomic E-state index is 11.4. The van der Waals surface area contributed by atoms with Crippen LogP contribution in [0.1, 0.15) is 32.3 Å². The number of nitriles is 1. The first-order valence-electron chi connectivity index (χ1n) is 5.93. The highest BCUT2D eigenvalue weighted by atomic mass is 16.5. The lowest BCUT2D eigenvalue weighted by Gasteiger charge is -2.13. The Bertz CT molecular complexity index is 463. The molecule has 1 rings (SSSR count). The average Bonchev–Trinajstić information content (AvgIpc) is 2.33. The second-order valence-electron chi connectivity index (χ2n) is 3.74. The van der Waals surface area contributed by atoms with E-state index in [4.69, 9.17) is 14.7 Å². The summed E-state index contributed by atoms with van der Waals surface area (Å²) in [6.45, 7) is 6.20. The van der Waals surface area contributed by atoms with Crippen LogP contribution in [0.25, 0.3) is 0 Å². The molecule has 1 aromatic rings. The van der Waals surface area contributed by atoms with Crippen molar-refractivity contribution in [3.05, 3.63) is 23.8 Å². The highest BCUT2D eigenvalue weighted by Crippen LogP contribution is 2.31. The Hall–Kier alpha value is -2.02. The molecule has 0 amide bonds. The van der Waals surface area contributed by atoms with Crippen LogP contribution in [-0.4, -0.2) is 19.0 Å². The zero-order valence-electron chi connectivity index (χ0n) is 10.9. The van der Waals surface area contributed by atoms with Crippen LogP contribution in [0.3, 0.4) is 0 Å². The fourth-order valence-corrected chi connectivity index (χ4v) is 1.65. The molecule has 96 valence electrons. The summed E-state index contributed by atoms with van der Waals surface area (Å²) in [5.41, 5.74) is 0.636. The van der Waals surface area contributed by atoms with E-state index in [0.29, 0.717) is 30.3 Å². The Morgan fingerprint density at radius 1 is 1.28 bits per heavy atom. The monoisotopic (exact) mass is 247 g/mol. The molecule has 0 aliphatic heterocycles. The number of carbonyl (C=O) groups excluding carboxylic acids is 1. The minimum absolute atomic E-state index is 0.177. The van der Waals surface area contributed by atoms with Crippen molar-refractivity contribution >= 4 is 5.78 Å². The van der Waals surface area contributed by atoms with Crippen LogP contribution in [0, 0.1) is 11.3 Å². The molecule has 0 radical (unpaired) electrons. The van der Waals surface area contributed by atoms with Crippen molar-refractivity contribution < 1.29 is 14.3 Å².